The highest BCUT2D eigenvalue weighted by Crippen LogP contribution is 2.15. The molecular formula is C36H71NO3. The number of rotatable bonds is 31. The first-order valence-electron chi connectivity index (χ1n) is 17.9. The lowest BCUT2D eigenvalue weighted by molar-refractivity contribution is -0.131. The smallest absolute Gasteiger partial charge is 0.249 e. The van der Waals surface area contributed by atoms with Gasteiger partial charge in [-0.3, -0.25) is 4.79 Å². The molecule has 3 unspecified atom stereocenters. The van der Waals surface area contributed by atoms with Gasteiger partial charge in [0.1, 0.15) is 6.10 Å². The van der Waals surface area contributed by atoms with Crippen molar-refractivity contribution in [2.75, 3.05) is 0 Å². The minimum Gasteiger partial charge on any atom is -0.391 e. The summed E-state index contributed by atoms with van der Waals surface area (Å²) in [6.45, 7) is 6.51. The van der Waals surface area contributed by atoms with E-state index in [1.165, 1.54) is 128 Å². The third-order valence-electron chi connectivity index (χ3n) is 8.38. The summed E-state index contributed by atoms with van der Waals surface area (Å²) in [5.41, 5.74) is 0. The van der Waals surface area contributed by atoms with Crippen LogP contribution in [0.4, 0.5) is 0 Å². The van der Waals surface area contributed by atoms with Crippen molar-refractivity contribution in [3.05, 3.63) is 12.2 Å². The molecule has 0 aromatic carbocycles. The molecule has 0 heterocycles. The molecule has 0 fully saturated rings. The van der Waals surface area contributed by atoms with Gasteiger partial charge in [0.2, 0.25) is 5.91 Å². The zero-order valence-electron chi connectivity index (χ0n) is 27.3. The number of hydrogen-bond donors (Lipinski definition) is 3. The number of aliphatic hydroxyl groups excluding tert-OH is 2. The molecular weight excluding hydrogens is 494 g/mol. The average Bonchev–Trinajstić information content (AvgIpc) is 2.96. The Balaban J connectivity index is 3.71. The van der Waals surface area contributed by atoms with Crippen LogP contribution >= 0.6 is 0 Å². The van der Waals surface area contributed by atoms with Gasteiger partial charge in [-0.15, -0.1) is 0 Å². The number of hydrogen-bond acceptors (Lipinski definition) is 3. The zero-order chi connectivity index (χ0) is 29.5. The topological polar surface area (TPSA) is 69.6 Å². The van der Waals surface area contributed by atoms with Crippen LogP contribution < -0.4 is 5.32 Å². The molecule has 40 heavy (non-hydrogen) atoms. The van der Waals surface area contributed by atoms with Gasteiger partial charge < -0.3 is 15.5 Å². The Morgan fingerprint density at radius 1 is 0.550 bits per heavy atom. The summed E-state index contributed by atoms with van der Waals surface area (Å²) in [7, 11) is 0. The fraction of sp³-hybridized carbons (Fsp3) is 0.917. The minimum absolute atomic E-state index is 0.265. The van der Waals surface area contributed by atoms with E-state index in [0.29, 0.717) is 12.8 Å². The summed E-state index contributed by atoms with van der Waals surface area (Å²) in [4.78, 5) is 12.5. The molecule has 0 saturated heterocycles. The third kappa shape index (κ3) is 26.1. The standard InChI is InChI=1S/C36H71NO3/c1-4-7-9-11-13-15-17-18-19-20-22-23-25-27-29-31-34(38)33(6-3)37-36(40)35(39)32-30-28-26-24-21-16-14-12-10-8-5-2/h15,17,33-35,38-39H,4-14,16,18-32H2,1-3H3,(H,37,40)/b17-15-. The fourth-order valence-corrected chi connectivity index (χ4v) is 5.51. The zero-order valence-corrected chi connectivity index (χ0v) is 27.3. The van der Waals surface area contributed by atoms with Gasteiger partial charge in [-0.05, 0) is 44.9 Å². The van der Waals surface area contributed by atoms with E-state index < -0.39 is 12.2 Å². The Morgan fingerprint density at radius 3 is 1.38 bits per heavy atom. The summed E-state index contributed by atoms with van der Waals surface area (Å²) in [5, 5.41) is 23.8. The van der Waals surface area contributed by atoms with Crippen molar-refractivity contribution in [1.29, 1.82) is 0 Å². The Bertz CT molecular complexity index is 550. The van der Waals surface area contributed by atoms with Gasteiger partial charge in [-0.2, -0.15) is 0 Å². The number of amides is 1. The molecule has 0 aromatic rings. The molecule has 0 spiro atoms. The number of unbranched alkanes of at least 4 members (excludes halogenated alkanes) is 21. The minimum atomic E-state index is -0.957. The molecule has 0 bridgehead atoms. The first-order chi connectivity index (χ1) is 19.6. The molecule has 0 rings (SSSR count). The van der Waals surface area contributed by atoms with E-state index in [0.717, 1.165) is 32.1 Å². The number of carbonyl (C=O) groups is 1. The van der Waals surface area contributed by atoms with Crippen LogP contribution in [0, 0.1) is 0 Å². The number of aliphatic hydroxyl groups is 2. The SMILES string of the molecule is CCCCCC/C=C\CCCCCCCCCC(O)C(CC)NC(=O)C(O)CCCCCCCCCCCCC. The molecule has 0 aliphatic heterocycles. The van der Waals surface area contributed by atoms with E-state index in [1.54, 1.807) is 0 Å². The highest BCUT2D eigenvalue weighted by molar-refractivity contribution is 5.80. The van der Waals surface area contributed by atoms with Gasteiger partial charge in [0.05, 0.1) is 12.1 Å². The molecule has 0 saturated carbocycles. The molecule has 3 atom stereocenters. The van der Waals surface area contributed by atoms with Gasteiger partial charge in [0.25, 0.3) is 0 Å². The van der Waals surface area contributed by atoms with Gasteiger partial charge in [0, 0.05) is 0 Å². The van der Waals surface area contributed by atoms with Crippen molar-refractivity contribution >= 4 is 5.91 Å². The Morgan fingerprint density at radius 2 is 0.925 bits per heavy atom. The summed E-state index contributed by atoms with van der Waals surface area (Å²) in [5.74, 6) is -0.315. The van der Waals surface area contributed by atoms with E-state index >= 15 is 0 Å². The van der Waals surface area contributed by atoms with Crippen LogP contribution in [0.3, 0.4) is 0 Å². The quantitative estimate of drug-likeness (QED) is 0.0578. The second-order valence-electron chi connectivity index (χ2n) is 12.3. The van der Waals surface area contributed by atoms with Crippen molar-refractivity contribution in [1.82, 2.24) is 5.32 Å². The summed E-state index contributed by atoms with van der Waals surface area (Å²) >= 11 is 0. The van der Waals surface area contributed by atoms with E-state index in [2.05, 4.69) is 31.3 Å². The van der Waals surface area contributed by atoms with Crippen molar-refractivity contribution < 1.29 is 15.0 Å². The predicted octanol–water partition coefficient (Wildman–Crippen LogP) is 10.3. The highest BCUT2D eigenvalue weighted by Gasteiger charge is 2.22. The predicted molar refractivity (Wildman–Crippen MR) is 175 cm³/mol. The first kappa shape index (κ1) is 39.1. The number of allylic oxidation sites excluding steroid dienone is 2. The Hall–Kier alpha value is -0.870. The first-order valence-corrected chi connectivity index (χ1v) is 17.9. The summed E-state index contributed by atoms with van der Waals surface area (Å²) in [6.07, 6.45) is 35.4. The normalized spacial score (nSPS) is 14.0. The maximum absolute atomic E-state index is 12.5. The molecule has 0 radical (unpaired) electrons. The lowest BCUT2D eigenvalue weighted by Crippen LogP contribution is -2.47. The second-order valence-corrected chi connectivity index (χ2v) is 12.3. The maximum atomic E-state index is 12.5. The summed E-state index contributed by atoms with van der Waals surface area (Å²) < 4.78 is 0. The lowest BCUT2D eigenvalue weighted by atomic mass is 10.00. The van der Waals surface area contributed by atoms with Crippen LogP contribution in [0.5, 0.6) is 0 Å². The van der Waals surface area contributed by atoms with Crippen LogP contribution in [0.2, 0.25) is 0 Å². The molecule has 1 amide bonds. The fourth-order valence-electron chi connectivity index (χ4n) is 5.51. The van der Waals surface area contributed by atoms with Crippen molar-refractivity contribution in [2.45, 2.75) is 212 Å². The number of nitrogens with one attached hydrogen (secondary N) is 1. The van der Waals surface area contributed by atoms with Crippen LogP contribution in [-0.2, 0) is 4.79 Å². The average molecular weight is 566 g/mol. The van der Waals surface area contributed by atoms with Crippen LogP contribution in [0.15, 0.2) is 12.2 Å². The molecule has 0 aliphatic carbocycles. The highest BCUT2D eigenvalue weighted by atomic mass is 16.3. The Kier molecular flexibility index (Phi) is 30.4. The molecule has 0 aliphatic rings. The van der Waals surface area contributed by atoms with E-state index in [1.807, 2.05) is 6.92 Å². The lowest BCUT2D eigenvalue weighted by Gasteiger charge is -2.24. The van der Waals surface area contributed by atoms with Crippen LogP contribution in [0.1, 0.15) is 194 Å². The molecule has 4 nitrogen and oxygen atoms in total. The molecule has 4 heteroatoms. The second kappa shape index (κ2) is 31.1. The van der Waals surface area contributed by atoms with Crippen molar-refractivity contribution in [3.63, 3.8) is 0 Å². The van der Waals surface area contributed by atoms with E-state index in [4.69, 9.17) is 0 Å². The largest absolute Gasteiger partial charge is 0.391 e. The molecule has 0 aromatic heterocycles. The third-order valence-corrected chi connectivity index (χ3v) is 8.38. The van der Waals surface area contributed by atoms with E-state index in [9.17, 15) is 15.0 Å². The maximum Gasteiger partial charge on any atom is 0.249 e. The van der Waals surface area contributed by atoms with Gasteiger partial charge in [-0.1, -0.05) is 161 Å². The van der Waals surface area contributed by atoms with Crippen LogP contribution in [-0.4, -0.2) is 34.4 Å². The molecule has 3 N–H and O–H groups in total. The Labute approximate surface area is 250 Å². The van der Waals surface area contributed by atoms with Gasteiger partial charge in [-0.25, -0.2) is 0 Å². The molecule has 238 valence electrons. The monoisotopic (exact) mass is 566 g/mol. The van der Waals surface area contributed by atoms with Gasteiger partial charge in [0.15, 0.2) is 0 Å². The number of carbonyl (C=O) groups excluding carboxylic acids is 1. The van der Waals surface area contributed by atoms with Crippen molar-refractivity contribution in [2.24, 2.45) is 0 Å². The summed E-state index contributed by atoms with van der Waals surface area (Å²) in [6, 6.07) is -0.265. The van der Waals surface area contributed by atoms with Gasteiger partial charge >= 0.3 is 0 Å². The van der Waals surface area contributed by atoms with E-state index in [-0.39, 0.29) is 11.9 Å². The van der Waals surface area contributed by atoms with Crippen LogP contribution in [0.25, 0.3) is 0 Å². The van der Waals surface area contributed by atoms with Crippen molar-refractivity contribution in [3.8, 4) is 0 Å².